The van der Waals surface area contributed by atoms with Gasteiger partial charge in [-0.05, 0) is 21.5 Å². The summed E-state index contributed by atoms with van der Waals surface area (Å²) in [7, 11) is 0. The average Bonchev–Trinajstić information content (AvgIpc) is 2.29. The van der Waals surface area contributed by atoms with Crippen molar-refractivity contribution in [2.45, 2.75) is 0 Å². The third-order valence-electron chi connectivity index (χ3n) is 2.47. The van der Waals surface area contributed by atoms with Gasteiger partial charge in [-0.25, -0.2) is 0 Å². The molecule has 0 heterocycles. The molecule has 3 aromatic rings. The molecular formula is C14H10. The van der Waals surface area contributed by atoms with Crippen molar-refractivity contribution in [2.24, 2.45) is 0 Å². The van der Waals surface area contributed by atoms with Gasteiger partial charge in [-0.2, -0.15) is 0 Å². The third kappa shape index (κ3) is 1.01. The van der Waals surface area contributed by atoms with E-state index in [1.807, 2.05) is 36.4 Å². The summed E-state index contributed by atoms with van der Waals surface area (Å²) >= 11 is 0. The summed E-state index contributed by atoms with van der Waals surface area (Å²) in [4.78, 5) is 0. The van der Waals surface area contributed by atoms with Gasteiger partial charge in [0, 0.05) is 0 Å². The molecule has 0 spiro atoms. The van der Waals surface area contributed by atoms with E-state index in [1.54, 1.807) is 12.1 Å². The molecular weight excluding hydrogens is 168 g/mol. The summed E-state index contributed by atoms with van der Waals surface area (Å²) in [6.07, 6.45) is 0. The maximum Gasteiger partial charge on any atom is 0.0629 e. The summed E-state index contributed by atoms with van der Waals surface area (Å²) in [5, 5.41) is 3.82. The van der Waals surface area contributed by atoms with Gasteiger partial charge in [0.05, 0.1) is 2.74 Å². The van der Waals surface area contributed by atoms with Gasteiger partial charge in [-0.3, -0.25) is 0 Å². The zero-order chi connectivity index (χ0) is 11.1. The fourth-order valence-corrected chi connectivity index (χ4v) is 1.79. The number of fused-ring (bicyclic) bond motifs is 3. The third-order valence-corrected chi connectivity index (χ3v) is 2.47. The van der Waals surface area contributed by atoms with Crippen molar-refractivity contribution >= 4 is 21.5 Å². The molecule has 0 aliphatic heterocycles. The first-order chi connectivity index (χ1) is 7.77. The van der Waals surface area contributed by atoms with E-state index >= 15 is 0 Å². The van der Waals surface area contributed by atoms with Crippen LogP contribution in [-0.2, 0) is 0 Å². The minimum absolute atomic E-state index is 0.489. The van der Waals surface area contributed by atoms with Crippen molar-refractivity contribution in [2.75, 3.05) is 0 Å². The molecule has 0 N–H and O–H groups in total. The highest BCUT2D eigenvalue weighted by Gasteiger charge is 1.97. The Hall–Kier alpha value is -1.82. The Labute approximate surface area is 85.6 Å². The lowest BCUT2D eigenvalue weighted by Gasteiger charge is -2.02. The summed E-state index contributed by atoms with van der Waals surface area (Å²) in [6, 6.07) is 16.3. The Morgan fingerprint density at radius 1 is 0.643 bits per heavy atom. The lowest BCUT2D eigenvalue weighted by atomic mass is 10.0. The molecule has 0 aromatic heterocycles. The number of hydrogen-bond donors (Lipinski definition) is 0. The zero-order valence-electron chi connectivity index (χ0n) is 9.62. The van der Waals surface area contributed by atoms with E-state index in [9.17, 15) is 0 Å². The van der Waals surface area contributed by atoms with Crippen LogP contribution in [0, 0.1) is 0 Å². The molecule has 66 valence electrons. The van der Waals surface area contributed by atoms with Gasteiger partial charge in [0.15, 0.2) is 0 Å². The molecule has 0 unspecified atom stereocenters. The topological polar surface area (TPSA) is 0 Å². The SMILES string of the molecule is [2H]c1cccc2ccc3cccc([2H])c3c12. The summed E-state index contributed by atoms with van der Waals surface area (Å²) in [6.45, 7) is 0. The fraction of sp³-hybridized carbons (Fsp3) is 0. The van der Waals surface area contributed by atoms with Gasteiger partial charge < -0.3 is 0 Å². The van der Waals surface area contributed by atoms with E-state index < -0.39 is 0 Å². The largest absolute Gasteiger partial charge is 0.0629 e. The predicted molar refractivity (Wildman–Crippen MR) is 61.5 cm³/mol. The van der Waals surface area contributed by atoms with Crippen LogP contribution in [0.4, 0.5) is 0 Å². The summed E-state index contributed by atoms with van der Waals surface area (Å²) in [5.74, 6) is 0. The number of rotatable bonds is 0. The summed E-state index contributed by atoms with van der Waals surface area (Å²) in [5.41, 5.74) is 0. The van der Waals surface area contributed by atoms with Crippen LogP contribution in [0.25, 0.3) is 21.5 Å². The van der Waals surface area contributed by atoms with Crippen molar-refractivity contribution < 1.29 is 2.74 Å². The fourth-order valence-electron chi connectivity index (χ4n) is 1.79. The van der Waals surface area contributed by atoms with Crippen LogP contribution in [0.5, 0.6) is 0 Å². The Morgan fingerprint density at radius 3 is 1.64 bits per heavy atom. The lowest BCUT2D eigenvalue weighted by Crippen LogP contribution is -1.75. The van der Waals surface area contributed by atoms with Gasteiger partial charge in [0.2, 0.25) is 0 Å². The molecule has 14 heavy (non-hydrogen) atoms. The molecule has 0 atom stereocenters. The highest BCUT2D eigenvalue weighted by molar-refractivity contribution is 6.07. The monoisotopic (exact) mass is 180 g/mol. The first-order valence-electron chi connectivity index (χ1n) is 5.65. The van der Waals surface area contributed by atoms with Crippen LogP contribution in [0.2, 0.25) is 0 Å². The molecule has 0 nitrogen and oxygen atoms in total. The van der Waals surface area contributed by atoms with Crippen molar-refractivity contribution in [3.05, 3.63) is 60.6 Å². The highest BCUT2D eigenvalue weighted by atomic mass is 14.0. The Morgan fingerprint density at radius 2 is 1.14 bits per heavy atom. The van der Waals surface area contributed by atoms with Crippen molar-refractivity contribution in [1.29, 1.82) is 0 Å². The van der Waals surface area contributed by atoms with Crippen LogP contribution in [0.15, 0.2) is 60.6 Å². The minimum atomic E-state index is 0.489. The molecule has 0 aliphatic rings. The van der Waals surface area contributed by atoms with Crippen LogP contribution < -0.4 is 0 Å². The second kappa shape index (κ2) is 2.85. The van der Waals surface area contributed by atoms with Gasteiger partial charge in [-0.15, -0.1) is 0 Å². The molecule has 3 aromatic carbocycles. The number of benzene rings is 3. The lowest BCUT2D eigenvalue weighted by molar-refractivity contribution is 1.76. The van der Waals surface area contributed by atoms with Crippen LogP contribution >= 0.6 is 0 Å². The molecule has 0 heteroatoms. The Balaban J connectivity index is 2.67. The van der Waals surface area contributed by atoms with Gasteiger partial charge in [0.25, 0.3) is 0 Å². The minimum Gasteiger partial charge on any atom is -0.0616 e. The molecule has 0 saturated carbocycles. The Kier molecular flexibility index (Phi) is 1.18. The molecule has 0 amide bonds. The van der Waals surface area contributed by atoms with Crippen molar-refractivity contribution in [3.63, 3.8) is 0 Å². The van der Waals surface area contributed by atoms with Crippen LogP contribution in [-0.4, -0.2) is 0 Å². The van der Waals surface area contributed by atoms with E-state index in [-0.39, 0.29) is 0 Å². The van der Waals surface area contributed by atoms with Crippen LogP contribution in [0.1, 0.15) is 2.74 Å². The first-order valence-corrected chi connectivity index (χ1v) is 4.65. The predicted octanol–water partition coefficient (Wildman–Crippen LogP) is 3.99. The second-order valence-electron chi connectivity index (χ2n) is 3.33. The van der Waals surface area contributed by atoms with Gasteiger partial charge >= 0.3 is 0 Å². The molecule has 0 radical (unpaired) electrons. The van der Waals surface area contributed by atoms with E-state index in [4.69, 9.17) is 2.74 Å². The molecule has 0 saturated heterocycles. The second-order valence-corrected chi connectivity index (χ2v) is 3.33. The van der Waals surface area contributed by atoms with E-state index in [0.717, 1.165) is 21.5 Å². The van der Waals surface area contributed by atoms with E-state index in [0.29, 0.717) is 12.1 Å². The maximum atomic E-state index is 7.96. The standard InChI is InChI=1S/C14H10/c1-3-7-13-11(5-1)9-10-12-6-2-4-8-14(12)13/h1-10H/i7D,8D. The van der Waals surface area contributed by atoms with Crippen molar-refractivity contribution in [3.8, 4) is 0 Å². The van der Waals surface area contributed by atoms with E-state index in [2.05, 4.69) is 0 Å². The maximum absolute atomic E-state index is 7.96. The molecule has 0 fully saturated rings. The Bertz CT molecular complexity index is 626. The van der Waals surface area contributed by atoms with Crippen molar-refractivity contribution in [1.82, 2.24) is 0 Å². The quantitative estimate of drug-likeness (QED) is 0.459. The normalized spacial score (nSPS) is 12.9. The molecule has 0 aliphatic carbocycles. The first kappa shape index (κ1) is 5.82. The molecule has 0 bridgehead atoms. The summed E-state index contributed by atoms with van der Waals surface area (Å²) < 4.78 is 15.9. The zero-order valence-corrected chi connectivity index (χ0v) is 7.62. The van der Waals surface area contributed by atoms with Crippen LogP contribution in [0.3, 0.4) is 0 Å². The molecule has 3 rings (SSSR count). The van der Waals surface area contributed by atoms with Gasteiger partial charge in [0.1, 0.15) is 0 Å². The van der Waals surface area contributed by atoms with Gasteiger partial charge in [-0.1, -0.05) is 60.6 Å². The number of hydrogen-bond acceptors (Lipinski definition) is 0. The average molecular weight is 180 g/mol. The van der Waals surface area contributed by atoms with E-state index in [1.165, 1.54) is 0 Å². The smallest absolute Gasteiger partial charge is 0.0616 e. The highest BCUT2D eigenvalue weighted by Crippen LogP contribution is 2.24.